The summed E-state index contributed by atoms with van der Waals surface area (Å²) in [5.74, 6) is 6.38. The fraction of sp³-hybridized carbons (Fsp3) is 0.111. The molecule has 2 heterocycles. The molecule has 0 saturated heterocycles. The lowest BCUT2D eigenvalue weighted by molar-refractivity contribution is 0.414. The van der Waals surface area contributed by atoms with Crippen LogP contribution in [0.25, 0.3) is 11.1 Å². The summed E-state index contributed by atoms with van der Waals surface area (Å²) in [6.07, 6.45) is 1.79. The molecule has 0 spiro atoms. The van der Waals surface area contributed by atoms with Gasteiger partial charge in [-0.05, 0) is 59.1 Å². The van der Waals surface area contributed by atoms with Gasteiger partial charge in [0.25, 0.3) is 0 Å². The fourth-order valence-corrected chi connectivity index (χ4v) is 3.47. The lowest BCUT2D eigenvalue weighted by Gasteiger charge is -2.16. The van der Waals surface area contributed by atoms with E-state index in [9.17, 15) is 0 Å². The second kappa shape index (κ2) is 7.03. The zero-order valence-electron chi connectivity index (χ0n) is 13.3. The summed E-state index contributed by atoms with van der Waals surface area (Å²) in [5, 5.41) is 8.77. The summed E-state index contributed by atoms with van der Waals surface area (Å²) in [6, 6.07) is 9.43. The molecule has 6 heteroatoms. The Kier molecular flexibility index (Phi) is 4.83. The summed E-state index contributed by atoms with van der Waals surface area (Å²) < 4.78 is 5.46. The van der Waals surface area contributed by atoms with E-state index in [-0.39, 0.29) is 0 Å². The number of halogens is 1. The monoisotopic (exact) mass is 357 g/mol. The van der Waals surface area contributed by atoms with Crippen LogP contribution in [0.2, 0.25) is 5.02 Å². The number of nitrogens with two attached hydrogens (primary N) is 1. The van der Waals surface area contributed by atoms with E-state index in [1.807, 2.05) is 24.4 Å². The van der Waals surface area contributed by atoms with Crippen LogP contribution in [-0.2, 0) is 0 Å². The minimum Gasteiger partial charge on any atom is -0.496 e. The van der Waals surface area contributed by atoms with Crippen LogP contribution in [0.1, 0.15) is 16.8 Å². The number of benzene rings is 1. The number of pyridine rings is 1. The van der Waals surface area contributed by atoms with E-state index in [1.54, 1.807) is 36.8 Å². The minimum absolute atomic E-state index is 0.591. The molecule has 0 aliphatic rings. The van der Waals surface area contributed by atoms with E-state index in [0.29, 0.717) is 16.5 Å². The summed E-state index contributed by atoms with van der Waals surface area (Å²) in [5.41, 5.74) is 5.27. The van der Waals surface area contributed by atoms with Crippen LogP contribution in [0.15, 0.2) is 52.4 Å². The molecule has 0 unspecified atom stereocenters. The molecule has 0 aliphatic heterocycles. The van der Waals surface area contributed by atoms with Crippen LogP contribution >= 0.6 is 22.9 Å². The first-order valence-corrected chi connectivity index (χ1v) is 8.58. The standard InChI is InChI=1S/C18H16ClN3OS/c1-11-17(14(5-7-21-11)12-6-8-24-10-12)18(22-20)15-4-3-13(19)9-16(15)23-2/h3-10H,20H2,1-2H3/b22-18-. The van der Waals surface area contributed by atoms with Crippen LogP contribution in [0.4, 0.5) is 0 Å². The van der Waals surface area contributed by atoms with Crippen LogP contribution in [0.3, 0.4) is 0 Å². The van der Waals surface area contributed by atoms with Crippen molar-refractivity contribution in [2.45, 2.75) is 6.92 Å². The Labute approximate surface area is 149 Å². The topological polar surface area (TPSA) is 60.5 Å². The molecule has 0 atom stereocenters. The Bertz CT molecular complexity index is 891. The molecule has 3 aromatic rings. The minimum atomic E-state index is 0.591. The molecular weight excluding hydrogens is 342 g/mol. The van der Waals surface area contributed by atoms with Crippen molar-refractivity contribution in [2.75, 3.05) is 7.11 Å². The molecule has 2 aromatic heterocycles. The zero-order chi connectivity index (χ0) is 17.1. The molecule has 4 nitrogen and oxygen atoms in total. The number of hydrogen-bond acceptors (Lipinski definition) is 5. The largest absolute Gasteiger partial charge is 0.496 e. The van der Waals surface area contributed by atoms with E-state index < -0.39 is 0 Å². The van der Waals surface area contributed by atoms with Gasteiger partial charge in [-0.1, -0.05) is 11.6 Å². The van der Waals surface area contributed by atoms with Gasteiger partial charge >= 0.3 is 0 Å². The smallest absolute Gasteiger partial charge is 0.129 e. The number of rotatable bonds is 4. The quantitative estimate of drug-likeness (QED) is 0.425. The highest BCUT2D eigenvalue weighted by atomic mass is 35.5. The van der Waals surface area contributed by atoms with E-state index >= 15 is 0 Å². The third-order valence-electron chi connectivity index (χ3n) is 3.76. The van der Waals surface area contributed by atoms with Crippen molar-refractivity contribution in [3.8, 4) is 16.9 Å². The maximum absolute atomic E-state index is 6.07. The Morgan fingerprint density at radius 2 is 2.12 bits per heavy atom. The molecule has 0 radical (unpaired) electrons. The summed E-state index contributed by atoms with van der Waals surface area (Å²) >= 11 is 7.71. The second-order valence-corrected chi connectivity index (χ2v) is 6.37. The van der Waals surface area contributed by atoms with Crippen molar-refractivity contribution in [1.29, 1.82) is 0 Å². The number of aryl methyl sites for hydroxylation is 1. The highest BCUT2D eigenvalue weighted by Crippen LogP contribution is 2.32. The molecule has 0 aliphatic carbocycles. The summed E-state index contributed by atoms with van der Waals surface area (Å²) in [4.78, 5) is 4.42. The van der Waals surface area contributed by atoms with Crippen molar-refractivity contribution in [3.63, 3.8) is 0 Å². The predicted molar refractivity (Wildman–Crippen MR) is 100 cm³/mol. The van der Waals surface area contributed by atoms with Gasteiger partial charge in [0.05, 0.1) is 7.11 Å². The Balaban J connectivity index is 2.24. The van der Waals surface area contributed by atoms with Gasteiger partial charge in [0.2, 0.25) is 0 Å². The number of methoxy groups -OCH3 is 1. The van der Waals surface area contributed by atoms with E-state index in [0.717, 1.165) is 27.9 Å². The average molecular weight is 358 g/mol. The molecule has 24 heavy (non-hydrogen) atoms. The third-order valence-corrected chi connectivity index (χ3v) is 4.68. The average Bonchev–Trinajstić information content (AvgIpc) is 3.12. The Morgan fingerprint density at radius 3 is 2.79 bits per heavy atom. The third kappa shape index (κ3) is 3.00. The van der Waals surface area contributed by atoms with Crippen molar-refractivity contribution in [3.05, 3.63) is 69.1 Å². The maximum Gasteiger partial charge on any atom is 0.129 e. The first-order valence-electron chi connectivity index (χ1n) is 7.26. The fourth-order valence-electron chi connectivity index (χ4n) is 2.65. The van der Waals surface area contributed by atoms with Crippen molar-refractivity contribution in [2.24, 2.45) is 10.9 Å². The van der Waals surface area contributed by atoms with Gasteiger partial charge in [0, 0.05) is 28.0 Å². The first-order chi connectivity index (χ1) is 11.7. The van der Waals surface area contributed by atoms with Gasteiger partial charge < -0.3 is 10.6 Å². The van der Waals surface area contributed by atoms with Crippen LogP contribution in [0, 0.1) is 6.92 Å². The summed E-state index contributed by atoms with van der Waals surface area (Å²) in [7, 11) is 1.60. The van der Waals surface area contributed by atoms with Crippen LogP contribution in [0.5, 0.6) is 5.75 Å². The lowest BCUT2D eigenvalue weighted by Crippen LogP contribution is -2.12. The second-order valence-electron chi connectivity index (χ2n) is 5.15. The molecule has 0 fully saturated rings. The SMILES string of the molecule is COc1cc(Cl)ccc1/C(=N/N)c1c(-c2ccsc2)ccnc1C. The Morgan fingerprint density at radius 1 is 1.29 bits per heavy atom. The first kappa shape index (κ1) is 16.5. The number of nitrogens with zero attached hydrogens (tertiary/aromatic N) is 2. The molecule has 0 saturated carbocycles. The van der Waals surface area contributed by atoms with Gasteiger partial charge in [-0.2, -0.15) is 16.4 Å². The van der Waals surface area contributed by atoms with E-state index in [1.165, 1.54) is 0 Å². The van der Waals surface area contributed by atoms with Crippen LogP contribution < -0.4 is 10.6 Å². The zero-order valence-corrected chi connectivity index (χ0v) is 14.9. The maximum atomic E-state index is 6.07. The number of thiophene rings is 1. The van der Waals surface area contributed by atoms with Gasteiger partial charge in [0.15, 0.2) is 0 Å². The molecule has 2 N–H and O–H groups in total. The molecule has 0 amide bonds. The van der Waals surface area contributed by atoms with E-state index in [2.05, 4.69) is 21.5 Å². The van der Waals surface area contributed by atoms with Gasteiger partial charge in [0.1, 0.15) is 11.5 Å². The highest BCUT2D eigenvalue weighted by Gasteiger charge is 2.20. The van der Waals surface area contributed by atoms with E-state index in [4.69, 9.17) is 22.2 Å². The molecule has 1 aromatic carbocycles. The van der Waals surface area contributed by atoms with Crippen molar-refractivity contribution in [1.82, 2.24) is 4.98 Å². The van der Waals surface area contributed by atoms with Gasteiger partial charge in [-0.25, -0.2) is 0 Å². The van der Waals surface area contributed by atoms with Crippen molar-refractivity contribution < 1.29 is 4.74 Å². The van der Waals surface area contributed by atoms with Crippen LogP contribution in [-0.4, -0.2) is 17.8 Å². The number of ether oxygens (including phenoxy) is 1. The molecule has 3 rings (SSSR count). The molecule has 122 valence electrons. The summed E-state index contributed by atoms with van der Waals surface area (Å²) in [6.45, 7) is 1.94. The number of aromatic nitrogens is 1. The van der Waals surface area contributed by atoms with Gasteiger partial charge in [-0.15, -0.1) is 0 Å². The number of hydrazone groups is 1. The Hall–Kier alpha value is -2.37. The number of hydrogen-bond donors (Lipinski definition) is 1. The van der Waals surface area contributed by atoms with Crippen molar-refractivity contribution >= 4 is 28.6 Å². The molecule has 0 bridgehead atoms. The highest BCUT2D eigenvalue weighted by molar-refractivity contribution is 7.08. The van der Waals surface area contributed by atoms with Gasteiger partial charge in [-0.3, -0.25) is 4.98 Å². The normalized spacial score (nSPS) is 11.5. The lowest BCUT2D eigenvalue weighted by atomic mass is 9.93. The molecular formula is C18H16ClN3OS. The predicted octanol–water partition coefficient (Wildman–Crippen LogP) is 4.49.